The lowest BCUT2D eigenvalue weighted by atomic mass is 10.0. The van der Waals surface area contributed by atoms with Crippen molar-refractivity contribution in [3.63, 3.8) is 0 Å². The second kappa shape index (κ2) is 7.13. The molecule has 0 radical (unpaired) electrons. The van der Waals surface area contributed by atoms with Crippen LogP contribution in [0.3, 0.4) is 0 Å². The number of nitrogens with one attached hydrogen (secondary N) is 1. The van der Waals surface area contributed by atoms with Crippen molar-refractivity contribution >= 4 is 17.2 Å². The molecule has 1 aromatic heterocycles. The lowest BCUT2D eigenvalue weighted by Crippen LogP contribution is -2.11. The summed E-state index contributed by atoms with van der Waals surface area (Å²) in [5.41, 5.74) is 14.4. The number of hydrogen-bond acceptors (Lipinski definition) is 4. The maximum absolute atomic E-state index is 12.9. The first-order chi connectivity index (χ1) is 12.1. The van der Waals surface area contributed by atoms with E-state index in [1.807, 2.05) is 37.4 Å². The number of rotatable bonds is 6. The molecule has 1 atom stereocenters. The van der Waals surface area contributed by atoms with Crippen molar-refractivity contribution in [3.8, 4) is 5.75 Å². The maximum Gasteiger partial charge on any atom is 0.196 e. The second-order valence-electron chi connectivity index (χ2n) is 5.81. The summed E-state index contributed by atoms with van der Waals surface area (Å²) in [7, 11) is 0. The Labute approximate surface area is 146 Å². The Bertz CT molecular complexity index is 872. The number of nitrogens with two attached hydrogens (primary N) is 2. The molecule has 128 valence electrons. The third kappa shape index (κ3) is 3.50. The van der Waals surface area contributed by atoms with Crippen molar-refractivity contribution in [2.45, 2.75) is 19.4 Å². The normalized spacial score (nSPS) is 11.9. The largest absolute Gasteiger partial charge is 0.483 e. The molecular weight excluding hydrogens is 314 g/mol. The fourth-order valence-electron chi connectivity index (χ4n) is 2.69. The molecule has 0 aliphatic carbocycles. The molecule has 0 saturated heterocycles. The minimum Gasteiger partial charge on any atom is -0.483 e. The van der Waals surface area contributed by atoms with E-state index in [2.05, 4.69) is 4.98 Å². The van der Waals surface area contributed by atoms with Crippen molar-refractivity contribution in [2.24, 2.45) is 0 Å². The van der Waals surface area contributed by atoms with E-state index in [-0.39, 0.29) is 11.9 Å². The van der Waals surface area contributed by atoms with Crippen molar-refractivity contribution in [3.05, 3.63) is 77.6 Å². The Hall–Kier alpha value is -3.21. The number of aromatic amines is 1. The average Bonchev–Trinajstić information content (AvgIpc) is 3.16. The molecule has 0 fully saturated rings. The SMILES string of the molecule is CCC(Oc1ccccc1C(=O)c1ccc(N)c(N)c1)c1ccc[nH]1. The van der Waals surface area contributed by atoms with Gasteiger partial charge >= 0.3 is 0 Å². The lowest BCUT2D eigenvalue weighted by Gasteiger charge is -2.18. The zero-order valence-electron chi connectivity index (χ0n) is 14.0. The fourth-order valence-corrected chi connectivity index (χ4v) is 2.69. The van der Waals surface area contributed by atoms with Gasteiger partial charge in [0, 0.05) is 11.8 Å². The van der Waals surface area contributed by atoms with Crippen molar-refractivity contribution in [2.75, 3.05) is 11.5 Å². The van der Waals surface area contributed by atoms with Gasteiger partial charge in [-0.25, -0.2) is 0 Å². The minimum absolute atomic E-state index is 0.149. The highest BCUT2D eigenvalue weighted by molar-refractivity contribution is 6.11. The first kappa shape index (κ1) is 16.6. The molecule has 0 bridgehead atoms. The van der Waals surface area contributed by atoms with E-state index in [1.165, 1.54) is 0 Å². The zero-order valence-corrected chi connectivity index (χ0v) is 14.0. The number of aromatic nitrogens is 1. The molecule has 0 amide bonds. The molecule has 3 aromatic rings. The first-order valence-electron chi connectivity index (χ1n) is 8.18. The van der Waals surface area contributed by atoms with Crippen LogP contribution in [0.1, 0.15) is 41.1 Å². The molecule has 5 N–H and O–H groups in total. The van der Waals surface area contributed by atoms with E-state index in [4.69, 9.17) is 16.2 Å². The summed E-state index contributed by atoms with van der Waals surface area (Å²) in [5.74, 6) is 0.396. The molecule has 0 aliphatic heterocycles. The summed E-state index contributed by atoms with van der Waals surface area (Å²) in [4.78, 5) is 16.1. The summed E-state index contributed by atoms with van der Waals surface area (Å²) < 4.78 is 6.13. The van der Waals surface area contributed by atoms with E-state index >= 15 is 0 Å². The van der Waals surface area contributed by atoms with Crippen LogP contribution in [-0.2, 0) is 0 Å². The van der Waals surface area contributed by atoms with Gasteiger partial charge in [0.2, 0.25) is 0 Å². The maximum atomic E-state index is 12.9. The Balaban J connectivity index is 1.92. The van der Waals surface area contributed by atoms with Crippen LogP contribution in [0.2, 0.25) is 0 Å². The monoisotopic (exact) mass is 335 g/mol. The molecule has 3 rings (SSSR count). The summed E-state index contributed by atoms with van der Waals surface area (Å²) in [6, 6.07) is 16.0. The standard InChI is InChI=1S/C20H21N3O2/c1-2-18(17-7-5-11-23-17)25-19-8-4-3-6-14(19)20(24)13-9-10-15(21)16(22)12-13/h3-12,18,23H,2,21-22H2,1H3. The predicted molar refractivity (Wildman–Crippen MR) is 99.6 cm³/mol. The molecule has 5 heteroatoms. The Kier molecular flexibility index (Phi) is 4.75. The van der Waals surface area contributed by atoms with Crippen LogP contribution < -0.4 is 16.2 Å². The summed E-state index contributed by atoms with van der Waals surface area (Å²) in [6.07, 6.45) is 2.48. The van der Waals surface area contributed by atoms with E-state index in [9.17, 15) is 4.79 Å². The fraction of sp³-hybridized carbons (Fsp3) is 0.150. The highest BCUT2D eigenvalue weighted by atomic mass is 16.5. The number of ether oxygens (including phenoxy) is 1. The number of benzene rings is 2. The van der Waals surface area contributed by atoms with Crippen LogP contribution in [-0.4, -0.2) is 10.8 Å². The van der Waals surface area contributed by atoms with Gasteiger partial charge in [0.05, 0.1) is 22.6 Å². The van der Waals surface area contributed by atoms with Crippen LogP contribution in [0.15, 0.2) is 60.8 Å². The van der Waals surface area contributed by atoms with Crippen molar-refractivity contribution in [1.29, 1.82) is 0 Å². The van der Waals surface area contributed by atoms with Gasteiger partial charge in [0.25, 0.3) is 0 Å². The number of carbonyl (C=O) groups is 1. The van der Waals surface area contributed by atoms with E-state index < -0.39 is 0 Å². The molecular formula is C20H21N3O2. The lowest BCUT2D eigenvalue weighted by molar-refractivity contribution is 0.103. The number of ketones is 1. The van der Waals surface area contributed by atoms with Gasteiger partial charge in [-0.05, 0) is 48.9 Å². The highest BCUT2D eigenvalue weighted by Crippen LogP contribution is 2.29. The topological polar surface area (TPSA) is 94.1 Å². The van der Waals surface area contributed by atoms with Crippen LogP contribution in [0.5, 0.6) is 5.75 Å². The van der Waals surface area contributed by atoms with Crippen LogP contribution in [0.25, 0.3) is 0 Å². The van der Waals surface area contributed by atoms with Gasteiger partial charge in [-0.1, -0.05) is 19.1 Å². The Morgan fingerprint density at radius 2 is 1.88 bits per heavy atom. The number of hydrogen-bond donors (Lipinski definition) is 3. The molecule has 0 saturated carbocycles. The predicted octanol–water partition coefficient (Wildman–Crippen LogP) is 3.94. The highest BCUT2D eigenvalue weighted by Gasteiger charge is 2.19. The molecule has 2 aromatic carbocycles. The molecule has 1 heterocycles. The quantitative estimate of drug-likeness (QED) is 0.470. The van der Waals surface area contributed by atoms with Crippen molar-refractivity contribution < 1.29 is 9.53 Å². The third-order valence-corrected chi connectivity index (χ3v) is 4.09. The third-order valence-electron chi connectivity index (χ3n) is 4.09. The number of H-pyrrole nitrogens is 1. The summed E-state index contributed by atoms with van der Waals surface area (Å²) in [5, 5.41) is 0. The van der Waals surface area contributed by atoms with Crippen molar-refractivity contribution in [1.82, 2.24) is 4.98 Å². The second-order valence-corrected chi connectivity index (χ2v) is 5.81. The van der Waals surface area contributed by atoms with E-state index in [0.717, 1.165) is 12.1 Å². The molecule has 25 heavy (non-hydrogen) atoms. The number of carbonyl (C=O) groups excluding carboxylic acids is 1. The Morgan fingerprint density at radius 1 is 1.08 bits per heavy atom. The van der Waals surface area contributed by atoms with Gasteiger partial charge in [-0.2, -0.15) is 0 Å². The number of anilines is 2. The zero-order chi connectivity index (χ0) is 17.8. The minimum atomic E-state index is -0.152. The summed E-state index contributed by atoms with van der Waals surface area (Å²) >= 11 is 0. The van der Waals surface area contributed by atoms with Gasteiger partial charge in [-0.15, -0.1) is 0 Å². The average molecular weight is 335 g/mol. The van der Waals surface area contributed by atoms with Gasteiger partial charge < -0.3 is 21.2 Å². The molecule has 5 nitrogen and oxygen atoms in total. The molecule has 1 unspecified atom stereocenters. The number of para-hydroxylation sites is 1. The number of nitrogen functional groups attached to an aromatic ring is 2. The van der Waals surface area contributed by atoms with E-state index in [1.54, 1.807) is 30.3 Å². The van der Waals surface area contributed by atoms with E-state index in [0.29, 0.717) is 28.3 Å². The van der Waals surface area contributed by atoms with Crippen LogP contribution >= 0.6 is 0 Å². The summed E-state index contributed by atoms with van der Waals surface area (Å²) in [6.45, 7) is 2.04. The molecule has 0 spiro atoms. The van der Waals surface area contributed by atoms with Gasteiger partial charge in [0.15, 0.2) is 5.78 Å². The molecule has 0 aliphatic rings. The smallest absolute Gasteiger partial charge is 0.196 e. The van der Waals surface area contributed by atoms with Crippen LogP contribution in [0, 0.1) is 0 Å². The Morgan fingerprint density at radius 3 is 2.56 bits per heavy atom. The van der Waals surface area contributed by atoms with Gasteiger partial charge in [-0.3, -0.25) is 4.79 Å². The van der Waals surface area contributed by atoms with Crippen LogP contribution in [0.4, 0.5) is 11.4 Å². The first-order valence-corrected chi connectivity index (χ1v) is 8.18. The van der Waals surface area contributed by atoms with Gasteiger partial charge in [0.1, 0.15) is 11.9 Å².